The van der Waals surface area contributed by atoms with E-state index in [0.29, 0.717) is 12.1 Å². The van der Waals surface area contributed by atoms with Crippen LogP contribution in [0, 0.1) is 0 Å². The third-order valence-corrected chi connectivity index (χ3v) is 6.49. The number of amides is 2. The van der Waals surface area contributed by atoms with Gasteiger partial charge in [0.2, 0.25) is 5.91 Å². The van der Waals surface area contributed by atoms with Crippen molar-refractivity contribution >= 4 is 33.4 Å². The number of nitrogens with one attached hydrogen (secondary N) is 1. The lowest BCUT2D eigenvalue weighted by Crippen LogP contribution is -2.33. The molecule has 0 fully saturated rings. The average molecular weight is 424 g/mol. The topological polar surface area (TPSA) is 62.3 Å². The monoisotopic (exact) mass is 423 g/mol. The maximum atomic E-state index is 12.6. The summed E-state index contributed by atoms with van der Waals surface area (Å²) in [5, 5.41) is 3.76. The maximum absolute atomic E-state index is 12.6. The van der Waals surface area contributed by atoms with Crippen molar-refractivity contribution in [2.75, 3.05) is 13.6 Å². The number of carbonyl (C=O) groups is 2. The minimum Gasteiger partial charge on any atom is -0.352 e. The second-order valence-corrected chi connectivity index (χ2v) is 9.60. The molecule has 2 aromatic carbocycles. The molecule has 30 heavy (non-hydrogen) atoms. The van der Waals surface area contributed by atoms with Crippen molar-refractivity contribution in [2.45, 2.75) is 45.6 Å². The van der Waals surface area contributed by atoms with Gasteiger partial charge in [0.1, 0.15) is 5.01 Å². The highest BCUT2D eigenvalue weighted by Crippen LogP contribution is 2.29. The summed E-state index contributed by atoms with van der Waals surface area (Å²) in [6, 6.07) is 15.5. The number of benzene rings is 2. The highest BCUT2D eigenvalue weighted by atomic mass is 32.1. The fraction of sp³-hybridized carbons (Fsp3) is 0.375. The standard InChI is InChI=1S/C24H29N3O2S/c1-16(23-26-19-8-6-7-9-20(19)30-23)27(5)21(28)14-15-25-22(29)17-10-12-18(13-11-17)24(2,3)4/h6-13,16H,14-15H2,1-5H3,(H,25,29)/t16-/m1/s1. The molecular weight excluding hydrogens is 394 g/mol. The first-order chi connectivity index (χ1) is 14.2. The average Bonchev–Trinajstić information content (AvgIpc) is 3.16. The van der Waals surface area contributed by atoms with Gasteiger partial charge in [0.05, 0.1) is 16.3 Å². The largest absolute Gasteiger partial charge is 0.352 e. The van der Waals surface area contributed by atoms with Gasteiger partial charge in [-0.1, -0.05) is 45.0 Å². The van der Waals surface area contributed by atoms with E-state index in [1.165, 1.54) is 5.56 Å². The minimum atomic E-state index is -0.162. The van der Waals surface area contributed by atoms with Crippen molar-refractivity contribution in [2.24, 2.45) is 0 Å². The van der Waals surface area contributed by atoms with Gasteiger partial charge < -0.3 is 10.2 Å². The number of nitrogens with zero attached hydrogens (tertiary/aromatic N) is 2. The van der Waals surface area contributed by atoms with E-state index in [0.717, 1.165) is 15.2 Å². The van der Waals surface area contributed by atoms with Gasteiger partial charge in [-0.2, -0.15) is 0 Å². The first kappa shape index (κ1) is 22.0. The second kappa shape index (κ2) is 8.96. The summed E-state index contributed by atoms with van der Waals surface area (Å²) in [7, 11) is 1.78. The lowest BCUT2D eigenvalue weighted by molar-refractivity contribution is -0.131. The summed E-state index contributed by atoms with van der Waals surface area (Å²) in [5.41, 5.74) is 2.78. The van der Waals surface area contributed by atoms with E-state index in [-0.39, 0.29) is 29.7 Å². The maximum Gasteiger partial charge on any atom is 0.251 e. The first-order valence-electron chi connectivity index (χ1n) is 10.2. The zero-order valence-electron chi connectivity index (χ0n) is 18.2. The molecule has 1 aromatic heterocycles. The van der Waals surface area contributed by atoms with Crippen molar-refractivity contribution in [3.63, 3.8) is 0 Å². The Bertz CT molecular complexity index is 1000. The molecule has 0 saturated carbocycles. The van der Waals surface area contributed by atoms with Gasteiger partial charge in [-0.15, -0.1) is 11.3 Å². The molecule has 3 aromatic rings. The number of hydrogen-bond acceptors (Lipinski definition) is 4. The number of carbonyl (C=O) groups excluding carboxylic acids is 2. The molecule has 5 nitrogen and oxygen atoms in total. The number of aromatic nitrogens is 1. The fourth-order valence-corrected chi connectivity index (χ4v) is 4.20. The van der Waals surface area contributed by atoms with Gasteiger partial charge in [-0.25, -0.2) is 4.98 Å². The van der Waals surface area contributed by atoms with Crippen LogP contribution in [-0.2, 0) is 10.2 Å². The third-order valence-electron chi connectivity index (χ3n) is 5.28. The Balaban J connectivity index is 1.52. The summed E-state index contributed by atoms with van der Waals surface area (Å²) in [6.07, 6.45) is 0.248. The van der Waals surface area contributed by atoms with Crippen molar-refractivity contribution < 1.29 is 9.59 Å². The molecule has 158 valence electrons. The van der Waals surface area contributed by atoms with Crippen molar-refractivity contribution in [3.05, 3.63) is 64.7 Å². The number of hydrogen-bond donors (Lipinski definition) is 1. The van der Waals surface area contributed by atoms with Crippen molar-refractivity contribution in [3.8, 4) is 0 Å². The SMILES string of the molecule is C[C@H](c1nc2ccccc2s1)N(C)C(=O)CCNC(=O)c1ccc(C(C)(C)C)cc1. The third kappa shape index (κ3) is 5.05. The zero-order valence-corrected chi connectivity index (χ0v) is 19.0. The molecule has 0 unspecified atom stereocenters. The van der Waals surface area contributed by atoms with E-state index in [2.05, 4.69) is 31.1 Å². The van der Waals surface area contributed by atoms with Crippen LogP contribution in [-0.4, -0.2) is 35.3 Å². The number of fused-ring (bicyclic) bond motifs is 1. The van der Waals surface area contributed by atoms with Crippen LogP contribution < -0.4 is 5.32 Å². The normalized spacial score (nSPS) is 12.6. The van der Waals surface area contributed by atoms with Gasteiger partial charge >= 0.3 is 0 Å². The van der Waals surface area contributed by atoms with Gasteiger partial charge in [0, 0.05) is 25.6 Å². The van der Waals surface area contributed by atoms with Gasteiger partial charge in [0.15, 0.2) is 0 Å². The molecule has 0 saturated heterocycles. The van der Waals surface area contributed by atoms with Crippen LogP contribution in [0.4, 0.5) is 0 Å². The van der Waals surface area contributed by atoms with Crippen LogP contribution in [0.1, 0.15) is 61.1 Å². The Labute approximate surface area is 182 Å². The van der Waals surface area contributed by atoms with Crippen molar-refractivity contribution in [1.29, 1.82) is 0 Å². The summed E-state index contributed by atoms with van der Waals surface area (Å²) < 4.78 is 1.12. The molecule has 3 rings (SSSR count). The molecule has 1 N–H and O–H groups in total. The molecule has 0 aliphatic rings. The predicted octanol–water partition coefficient (Wildman–Crippen LogP) is 4.93. The van der Waals surface area contributed by atoms with Crippen LogP contribution >= 0.6 is 11.3 Å². The minimum absolute atomic E-state index is 0.0230. The predicted molar refractivity (Wildman–Crippen MR) is 123 cm³/mol. The van der Waals surface area contributed by atoms with E-state index >= 15 is 0 Å². The molecule has 0 spiro atoms. The molecule has 1 heterocycles. The van der Waals surface area contributed by atoms with Crippen LogP contribution in [0.2, 0.25) is 0 Å². The Kier molecular flexibility index (Phi) is 6.56. The van der Waals surface area contributed by atoms with Gasteiger partial charge in [-0.05, 0) is 42.2 Å². The lowest BCUT2D eigenvalue weighted by Gasteiger charge is -2.23. The van der Waals surface area contributed by atoms with Crippen molar-refractivity contribution in [1.82, 2.24) is 15.2 Å². The molecule has 6 heteroatoms. The molecule has 0 bridgehead atoms. The smallest absolute Gasteiger partial charge is 0.251 e. The molecular formula is C24H29N3O2S. The Morgan fingerprint density at radius 2 is 1.77 bits per heavy atom. The van der Waals surface area contributed by atoms with Crippen LogP contribution in [0.5, 0.6) is 0 Å². The quantitative estimate of drug-likeness (QED) is 0.611. The fourth-order valence-electron chi connectivity index (χ4n) is 3.13. The summed E-state index contributed by atoms with van der Waals surface area (Å²) >= 11 is 1.61. The molecule has 2 amide bonds. The lowest BCUT2D eigenvalue weighted by atomic mass is 9.87. The van der Waals surface area contributed by atoms with E-state index in [1.54, 1.807) is 23.3 Å². The number of para-hydroxylation sites is 1. The van der Waals surface area contributed by atoms with Crippen LogP contribution in [0.25, 0.3) is 10.2 Å². The second-order valence-electron chi connectivity index (χ2n) is 8.53. The van der Waals surface area contributed by atoms with E-state index in [1.807, 2.05) is 55.5 Å². The Morgan fingerprint density at radius 3 is 2.40 bits per heavy atom. The zero-order chi connectivity index (χ0) is 21.9. The highest BCUT2D eigenvalue weighted by Gasteiger charge is 2.21. The molecule has 0 radical (unpaired) electrons. The molecule has 1 atom stereocenters. The Hall–Kier alpha value is -2.73. The van der Waals surface area contributed by atoms with E-state index < -0.39 is 0 Å². The van der Waals surface area contributed by atoms with Gasteiger partial charge in [0.25, 0.3) is 5.91 Å². The molecule has 0 aliphatic carbocycles. The molecule has 0 aliphatic heterocycles. The first-order valence-corrected chi connectivity index (χ1v) is 11.0. The number of thiazole rings is 1. The summed E-state index contributed by atoms with van der Waals surface area (Å²) in [6.45, 7) is 8.69. The summed E-state index contributed by atoms with van der Waals surface area (Å²) in [4.78, 5) is 31.3. The van der Waals surface area contributed by atoms with E-state index in [9.17, 15) is 9.59 Å². The van der Waals surface area contributed by atoms with E-state index in [4.69, 9.17) is 0 Å². The summed E-state index contributed by atoms with van der Waals surface area (Å²) in [5.74, 6) is -0.185. The van der Waals surface area contributed by atoms with Crippen LogP contribution in [0.3, 0.4) is 0 Å². The Morgan fingerprint density at radius 1 is 1.10 bits per heavy atom. The van der Waals surface area contributed by atoms with Crippen LogP contribution in [0.15, 0.2) is 48.5 Å². The number of rotatable bonds is 6. The highest BCUT2D eigenvalue weighted by molar-refractivity contribution is 7.18. The van der Waals surface area contributed by atoms with Gasteiger partial charge in [-0.3, -0.25) is 9.59 Å².